The fourth-order valence-corrected chi connectivity index (χ4v) is 3.92. The van der Waals surface area contributed by atoms with Gasteiger partial charge in [0, 0.05) is 30.8 Å². The number of hydrogen-bond acceptors (Lipinski definition) is 6. The second-order valence-electron chi connectivity index (χ2n) is 4.74. The van der Waals surface area contributed by atoms with Crippen molar-refractivity contribution < 1.29 is 13.3 Å². The molecule has 0 bridgehead atoms. The van der Waals surface area contributed by atoms with Crippen LogP contribution < -0.4 is 5.73 Å². The molecular weight excluding hydrogens is 296 g/mol. The Morgan fingerprint density at radius 3 is 2.67 bits per heavy atom. The molecule has 1 fully saturated rings. The minimum Gasteiger partial charge on any atom is -0.399 e. The number of nitriles is 1. The SMILES string of the molecule is N#CCCN(C1CC1)S(=O)(=O)c1cc(N)ccc1[N+](=O)[O-]. The van der Waals surface area contributed by atoms with Crippen LogP contribution >= 0.6 is 0 Å². The molecule has 8 nitrogen and oxygen atoms in total. The van der Waals surface area contributed by atoms with Crippen molar-refractivity contribution in [2.45, 2.75) is 30.2 Å². The second-order valence-corrected chi connectivity index (χ2v) is 6.60. The molecule has 0 amide bonds. The van der Waals surface area contributed by atoms with Gasteiger partial charge in [0.2, 0.25) is 10.0 Å². The van der Waals surface area contributed by atoms with Crippen LogP contribution in [0.4, 0.5) is 11.4 Å². The van der Waals surface area contributed by atoms with Crippen molar-refractivity contribution in [3.63, 3.8) is 0 Å². The molecule has 21 heavy (non-hydrogen) atoms. The quantitative estimate of drug-likeness (QED) is 0.478. The number of nitrogens with two attached hydrogens (primary N) is 1. The van der Waals surface area contributed by atoms with Gasteiger partial charge in [-0.2, -0.15) is 9.57 Å². The standard InChI is InChI=1S/C12H14N4O4S/c13-6-1-7-15(10-3-4-10)21(19,20)12-8-9(14)2-5-11(12)16(17)18/h2,5,8,10H,1,3-4,7,14H2. The largest absolute Gasteiger partial charge is 0.399 e. The highest BCUT2D eigenvalue weighted by molar-refractivity contribution is 7.89. The number of rotatable bonds is 6. The Morgan fingerprint density at radius 1 is 1.48 bits per heavy atom. The lowest BCUT2D eigenvalue weighted by Crippen LogP contribution is -2.34. The van der Waals surface area contributed by atoms with Crippen LogP contribution in [-0.2, 0) is 10.0 Å². The van der Waals surface area contributed by atoms with Gasteiger partial charge in [-0.05, 0) is 25.0 Å². The van der Waals surface area contributed by atoms with E-state index in [2.05, 4.69) is 0 Å². The Labute approximate surface area is 122 Å². The molecule has 0 radical (unpaired) electrons. The molecule has 1 aromatic carbocycles. The summed E-state index contributed by atoms with van der Waals surface area (Å²) in [5, 5.41) is 19.7. The van der Waals surface area contributed by atoms with Crippen molar-refractivity contribution in [2.75, 3.05) is 12.3 Å². The molecule has 2 rings (SSSR count). The number of nitro groups is 1. The fraction of sp³-hybridized carbons (Fsp3) is 0.417. The first-order chi connectivity index (χ1) is 9.87. The van der Waals surface area contributed by atoms with Crippen LogP contribution in [0.15, 0.2) is 23.1 Å². The number of hydrogen-bond donors (Lipinski definition) is 1. The Morgan fingerprint density at radius 2 is 2.14 bits per heavy atom. The highest BCUT2D eigenvalue weighted by atomic mass is 32.2. The van der Waals surface area contributed by atoms with Gasteiger partial charge in [-0.3, -0.25) is 10.1 Å². The minimum absolute atomic E-state index is 0.0233. The van der Waals surface area contributed by atoms with Crippen LogP contribution in [0.5, 0.6) is 0 Å². The van der Waals surface area contributed by atoms with Crippen LogP contribution in [-0.4, -0.2) is 30.2 Å². The van der Waals surface area contributed by atoms with Crippen molar-refractivity contribution in [1.29, 1.82) is 5.26 Å². The highest BCUT2D eigenvalue weighted by Crippen LogP contribution is 2.35. The first-order valence-electron chi connectivity index (χ1n) is 6.30. The lowest BCUT2D eigenvalue weighted by molar-refractivity contribution is -0.387. The summed E-state index contributed by atoms with van der Waals surface area (Å²) in [6.45, 7) is 0.0233. The molecule has 0 aromatic heterocycles. The third-order valence-corrected chi connectivity index (χ3v) is 5.15. The number of nitrogens with zero attached hydrogens (tertiary/aromatic N) is 3. The van der Waals surface area contributed by atoms with E-state index in [0.717, 1.165) is 16.4 Å². The van der Waals surface area contributed by atoms with Crippen LogP contribution in [0, 0.1) is 21.4 Å². The zero-order valence-electron chi connectivity index (χ0n) is 11.1. The summed E-state index contributed by atoms with van der Waals surface area (Å²) in [5.74, 6) is 0. The summed E-state index contributed by atoms with van der Waals surface area (Å²) in [4.78, 5) is 9.86. The molecule has 0 unspecified atom stereocenters. The monoisotopic (exact) mass is 310 g/mol. The van der Waals surface area contributed by atoms with E-state index in [-0.39, 0.29) is 24.7 Å². The van der Waals surface area contributed by atoms with Gasteiger partial charge in [0.15, 0.2) is 4.90 Å². The summed E-state index contributed by atoms with van der Waals surface area (Å²) in [7, 11) is -4.05. The van der Waals surface area contributed by atoms with Crippen molar-refractivity contribution in [3.05, 3.63) is 28.3 Å². The number of anilines is 1. The minimum atomic E-state index is -4.05. The summed E-state index contributed by atoms with van der Waals surface area (Å²) in [6, 6.07) is 5.16. The lowest BCUT2D eigenvalue weighted by atomic mass is 10.3. The molecule has 0 atom stereocenters. The third-order valence-electron chi connectivity index (χ3n) is 3.17. The van der Waals surface area contributed by atoms with Crippen molar-refractivity contribution in [3.8, 4) is 6.07 Å². The molecule has 2 N–H and O–H groups in total. The summed E-state index contributed by atoms with van der Waals surface area (Å²) in [5.41, 5.74) is 5.19. The lowest BCUT2D eigenvalue weighted by Gasteiger charge is -2.20. The van der Waals surface area contributed by atoms with Gasteiger partial charge in [-0.25, -0.2) is 8.42 Å². The zero-order valence-corrected chi connectivity index (χ0v) is 11.9. The average Bonchev–Trinajstić information content (AvgIpc) is 3.23. The topological polar surface area (TPSA) is 130 Å². The predicted octanol–water partition coefficient (Wildman–Crippen LogP) is 1.24. The first-order valence-corrected chi connectivity index (χ1v) is 7.74. The Balaban J connectivity index is 2.49. The zero-order chi connectivity index (χ0) is 15.6. The number of nitrogen functional groups attached to an aromatic ring is 1. The van der Waals surface area contributed by atoms with Gasteiger partial charge in [-0.1, -0.05) is 0 Å². The van der Waals surface area contributed by atoms with E-state index < -0.39 is 25.5 Å². The van der Waals surface area contributed by atoms with E-state index in [1.165, 1.54) is 6.07 Å². The van der Waals surface area contributed by atoms with E-state index in [0.29, 0.717) is 12.8 Å². The number of sulfonamides is 1. The van der Waals surface area contributed by atoms with Crippen molar-refractivity contribution >= 4 is 21.4 Å². The molecular formula is C12H14N4O4S. The van der Waals surface area contributed by atoms with Crippen LogP contribution in [0.25, 0.3) is 0 Å². The van der Waals surface area contributed by atoms with E-state index in [4.69, 9.17) is 11.0 Å². The maximum Gasteiger partial charge on any atom is 0.289 e. The maximum atomic E-state index is 12.7. The van der Waals surface area contributed by atoms with E-state index in [1.807, 2.05) is 6.07 Å². The molecule has 0 heterocycles. The molecule has 1 aliphatic carbocycles. The Kier molecular flexibility index (Phi) is 4.11. The van der Waals surface area contributed by atoms with E-state index in [1.54, 1.807) is 0 Å². The van der Waals surface area contributed by atoms with Gasteiger partial charge < -0.3 is 5.73 Å². The molecule has 1 saturated carbocycles. The fourth-order valence-electron chi connectivity index (χ4n) is 2.04. The molecule has 0 aliphatic heterocycles. The predicted molar refractivity (Wildman–Crippen MR) is 74.7 cm³/mol. The summed E-state index contributed by atoms with van der Waals surface area (Å²) >= 11 is 0. The van der Waals surface area contributed by atoms with Crippen molar-refractivity contribution in [2.24, 2.45) is 0 Å². The highest BCUT2D eigenvalue weighted by Gasteiger charge is 2.40. The van der Waals surface area contributed by atoms with E-state index in [9.17, 15) is 18.5 Å². The average molecular weight is 310 g/mol. The van der Waals surface area contributed by atoms with Gasteiger partial charge in [0.05, 0.1) is 11.0 Å². The summed E-state index contributed by atoms with van der Waals surface area (Å²) in [6.07, 6.45) is 1.42. The Hall–Kier alpha value is -2.18. The molecule has 112 valence electrons. The number of benzene rings is 1. The molecule has 1 aromatic rings. The van der Waals surface area contributed by atoms with Crippen LogP contribution in [0.3, 0.4) is 0 Å². The third kappa shape index (κ3) is 3.12. The van der Waals surface area contributed by atoms with Gasteiger partial charge in [0.1, 0.15) is 0 Å². The van der Waals surface area contributed by atoms with Gasteiger partial charge >= 0.3 is 0 Å². The molecule has 0 saturated heterocycles. The molecule has 9 heteroatoms. The maximum absolute atomic E-state index is 12.7. The summed E-state index contributed by atoms with van der Waals surface area (Å²) < 4.78 is 26.5. The van der Waals surface area contributed by atoms with Crippen LogP contribution in [0.2, 0.25) is 0 Å². The Bertz CT molecular complexity index is 706. The molecule has 1 aliphatic rings. The normalized spacial score (nSPS) is 14.9. The smallest absolute Gasteiger partial charge is 0.289 e. The first kappa shape index (κ1) is 15.2. The van der Waals surface area contributed by atoms with E-state index >= 15 is 0 Å². The van der Waals surface area contributed by atoms with Crippen molar-refractivity contribution in [1.82, 2.24) is 4.31 Å². The van der Waals surface area contributed by atoms with Crippen LogP contribution in [0.1, 0.15) is 19.3 Å². The van der Waals surface area contributed by atoms with Gasteiger partial charge in [0.25, 0.3) is 5.69 Å². The second kappa shape index (κ2) is 5.67. The molecule has 0 spiro atoms. The number of nitro benzene ring substituents is 1. The van der Waals surface area contributed by atoms with Gasteiger partial charge in [-0.15, -0.1) is 0 Å².